The van der Waals surface area contributed by atoms with Crippen molar-refractivity contribution in [1.82, 2.24) is 0 Å². The van der Waals surface area contributed by atoms with Crippen molar-refractivity contribution in [1.29, 1.82) is 0 Å². The van der Waals surface area contributed by atoms with Crippen LogP contribution in [-0.4, -0.2) is 0 Å². The zero-order chi connectivity index (χ0) is 42.3. The molecule has 1 heterocycles. The van der Waals surface area contributed by atoms with Gasteiger partial charge in [-0.1, -0.05) is 0 Å². The molecule has 2 unspecified atom stereocenters. The van der Waals surface area contributed by atoms with E-state index < -0.39 is 20.3 Å². The molecule has 0 saturated carbocycles. The van der Waals surface area contributed by atoms with Crippen molar-refractivity contribution in [2.75, 3.05) is 0 Å². The second-order valence-electron chi connectivity index (χ2n) is 23.1. The monoisotopic (exact) mass is 906 g/mol. The molecule has 316 valence electrons. The second kappa shape index (κ2) is 15.6. The van der Waals surface area contributed by atoms with E-state index in [4.69, 9.17) is 0 Å². The van der Waals surface area contributed by atoms with E-state index in [1.807, 2.05) is 0 Å². The summed E-state index contributed by atoms with van der Waals surface area (Å²) in [6.45, 7) is 48.1. The molecule has 0 aromatic heterocycles. The van der Waals surface area contributed by atoms with E-state index >= 15 is 0 Å². The summed E-state index contributed by atoms with van der Waals surface area (Å²) in [5.41, 5.74) is 30.7. The molecule has 1 saturated heterocycles. The largest absolute Gasteiger partial charge is 1.00 e. The Bertz CT molecular complexity index is 2190. The van der Waals surface area contributed by atoms with Crippen LogP contribution < -0.4 is 24.8 Å². The average molecular weight is 909 g/mol. The number of benzene rings is 4. The maximum Gasteiger partial charge on any atom is -1.00 e. The summed E-state index contributed by atoms with van der Waals surface area (Å²) in [6.07, 6.45) is 5.35. The smallest absolute Gasteiger partial charge is 1.00 e. The van der Waals surface area contributed by atoms with Gasteiger partial charge in [0.15, 0.2) is 0 Å². The molecule has 2 aliphatic carbocycles. The minimum atomic E-state index is -2.97. The molecule has 0 N–H and O–H groups in total. The van der Waals surface area contributed by atoms with Gasteiger partial charge in [-0.2, -0.15) is 0 Å². The fourth-order valence-electron chi connectivity index (χ4n) is 10.9. The van der Waals surface area contributed by atoms with Gasteiger partial charge in [0.05, 0.1) is 0 Å². The Kier molecular flexibility index (Phi) is 12.6. The summed E-state index contributed by atoms with van der Waals surface area (Å²) < 4.78 is 4.18. The van der Waals surface area contributed by atoms with Crippen LogP contribution in [0.15, 0.2) is 47.5 Å². The first-order valence-electron chi connectivity index (χ1n) is 22.1. The normalized spacial score (nSPS) is 17.9. The summed E-state index contributed by atoms with van der Waals surface area (Å²) in [6, 6.07) is 15.1. The van der Waals surface area contributed by atoms with E-state index in [9.17, 15) is 0 Å². The van der Waals surface area contributed by atoms with Crippen LogP contribution in [0.3, 0.4) is 0 Å². The molecule has 0 bridgehead atoms. The molecule has 59 heavy (non-hydrogen) atoms. The molecule has 2 atom stereocenters. The third kappa shape index (κ3) is 7.93. The van der Waals surface area contributed by atoms with E-state index in [0.717, 1.165) is 0 Å². The van der Waals surface area contributed by atoms with Gasteiger partial charge >= 0.3 is 356 Å². The van der Waals surface area contributed by atoms with Gasteiger partial charge in [0.1, 0.15) is 0 Å². The van der Waals surface area contributed by atoms with Crippen molar-refractivity contribution < 1.29 is 45.1 Å². The first kappa shape index (κ1) is 47.9. The summed E-state index contributed by atoms with van der Waals surface area (Å²) >= 11 is -2.97. The minimum Gasteiger partial charge on any atom is -1.00 e. The Morgan fingerprint density at radius 2 is 0.661 bits per heavy atom. The summed E-state index contributed by atoms with van der Waals surface area (Å²) in [4.78, 5) is 0. The zero-order valence-corrected chi connectivity index (χ0v) is 44.4. The van der Waals surface area contributed by atoms with E-state index in [1.54, 1.807) is 33.4 Å². The van der Waals surface area contributed by atoms with Gasteiger partial charge < -0.3 is 24.8 Å². The molecule has 0 amide bonds. The Balaban J connectivity index is 0.00000331. The van der Waals surface area contributed by atoms with Gasteiger partial charge in [0.2, 0.25) is 0 Å². The van der Waals surface area contributed by atoms with Gasteiger partial charge in [-0.15, -0.1) is 0 Å². The van der Waals surface area contributed by atoms with Crippen LogP contribution in [0.5, 0.6) is 0 Å². The van der Waals surface area contributed by atoms with Gasteiger partial charge in [0, 0.05) is 0 Å². The molecule has 3 aliphatic rings. The average Bonchev–Trinajstić information content (AvgIpc) is 3.69. The summed E-state index contributed by atoms with van der Waals surface area (Å²) in [7, 11) is 0. The van der Waals surface area contributed by atoms with Crippen molar-refractivity contribution in [2.45, 2.75) is 176 Å². The van der Waals surface area contributed by atoms with Crippen molar-refractivity contribution in [3.8, 4) is 22.3 Å². The molecule has 4 aromatic carbocycles. The third-order valence-corrected chi connectivity index (χ3v) is 28.4. The van der Waals surface area contributed by atoms with Gasteiger partial charge in [-0.25, -0.2) is 0 Å². The standard InChI is InChI=1S/2C27H35.C2H4.2ClH.Zr/c2*1-16-11-23-18(3)17(2)19(4)25(24(23)12-16)20-13-21(26(5,6)7)15-22(14-20)27(8,9)10;1-2;;;/h2*11-15H,1-10H3;1-2H2;2*1H;/q;;;;;+2/p-2. The number of rotatable bonds is 4. The van der Waals surface area contributed by atoms with E-state index in [1.165, 1.54) is 86.1 Å². The van der Waals surface area contributed by atoms with Gasteiger partial charge in [-0.3, -0.25) is 0 Å². The Hall–Kier alpha value is -2.18. The van der Waals surface area contributed by atoms with Crippen LogP contribution in [0.2, 0.25) is 8.26 Å². The van der Waals surface area contributed by atoms with Crippen LogP contribution in [0.4, 0.5) is 0 Å². The Labute approximate surface area is 377 Å². The molecule has 0 spiro atoms. The van der Waals surface area contributed by atoms with Crippen LogP contribution in [-0.2, 0) is 41.9 Å². The van der Waals surface area contributed by atoms with Crippen LogP contribution in [0, 0.1) is 41.5 Å². The van der Waals surface area contributed by atoms with Crippen molar-refractivity contribution in [2.24, 2.45) is 0 Å². The van der Waals surface area contributed by atoms with E-state index in [0.29, 0.717) is 7.25 Å². The number of halogens is 2. The quantitative estimate of drug-likeness (QED) is 0.191. The Morgan fingerprint density at radius 1 is 0.390 bits per heavy atom. The number of fused-ring (bicyclic) bond motifs is 2. The van der Waals surface area contributed by atoms with Crippen molar-refractivity contribution in [3.63, 3.8) is 0 Å². The topological polar surface area (TPSA) is 0 Å². The SMILES string of the molecule is CC1=Cc2c(-c3cc(C(C)(C)C)cc(C(C)(C)C)c3)c(C)c(C)c(C)c2[CH]1[Zr+2]1([CH]2C(C)=Cc3c(-c4cc(C(C)(C)C)cc(C(C)(C)C)c4)c(C)c(C)c(C)c32)[CH2][CH2]1.[Cl-].[Cl-]. The molecule has 4 aromatic rings. The molecular formula is C56H74Cl2Zr. The number of hydrogen-bond acceptors (Lipinski definition) is 0. The van der Waals surface area contributed by atoms with Crippen LogP contribution in [0.25, 0.3) is 34.4 Å². The summed E-state index contributed by atoms with van der Waals surface area (Å²) in [5, 5.41) is 0. The van der Waals surface area contributed by atoms with Crippen LogP contribution in [0.1, 0.15) is 182 Å². The molecule has 1 aliphatic heterocycles. The number of hydrogen-bond donors (Lipinski definition) is 0. The van der Waals surface area contributed by atoms with E-state index in [2.05, 4.69) is 187 Å². The fraction of sp³-hybridized carbons (Fsp3) is 0.500. The zero-order valence-electron chi connectivity index (χ0n) is 40.4. The molecule has 0 nitrogen and oxygen atoms in total. The second-order valence-corrected chi connectivity index (χ2v) is 34.5. The molecule has 7 rings (SSSR count). The predicted octanol–water partition coefficient (Wildman–Crippen LogP) is 10.7. The van der Waals surface area contributed by atoms with Crippen molar-refractivity contribution >= 4 is 12.2 Å². The minimum absolute atomic E-state index is 0. The fourth-order valence-corrected chi connectivity index (χ4v) is 29.0. The third-order valence-electron chi connectivity index (χ3n) is 15.0. The van der Waals surface area contributed by atoms with Crippen molar-refractivity contribution in [3.05, 3.63) is 125 Å². The van der Waals surface area contributed by atoms with Crippen LogP contribution >= 0.6 is 0 Å². The first-order valence-corrected chi connectivity index (χ1v) is 28.4. The maximum atomic E-state index is 2.67. The van der Waals surface area contributed by atoms with E-state index in [-0.39, 0.29) is 46.5 Å². The molecule has 0 radical (unpaired) electrons. The molecule has 3 heteroatoms. The summed E-state index contributed by atoms with van der Waals surface area (Å²) in [5.74, 6) is 0. The Morgan fingerprint density at radius 3 is 0.898 bits per heavy atom. The van der Waals surface area contributed by atoms with Gasteiger partial charge in [0.25, 0.3) is 0 Å². The maximum absolute atomic E-state index is 2.97. The molecule has 1 fully saturated rings. The van der Waals surface area contributed by atoms with Gasteiger partial charge in [-0.05, 0) is 0 Å². The molecular weight excluding hydrogens is 835 g/mol. The number of allylic oxidation sites excluding steroid dienone is 2. The predicted molar refractivity (Wildman–Crippen MR) is 249 cm³/mol. The first-order chi connectivity index (χ1) is 26.1.